The lowest BCUT2D eigenvalue weighted by atomic mass is 10.0. The number of hydrogen-bond donors (Lipinski definition) is 0. The smallest absolute Gasteiger partial charge is 0.342 e. The Morgan fingerprint density at radius 2 is 1.34 bits per heavy atom. The van der Waals surface area contributed by atoms with Crippen molar-refractivity contribution < 1.29 is 42.4 Å². The number of carbonyl (C=O) groups is 2. The van der Waals surface area contributed by atoms with E-state index < -0.39 is 11.9 Å². The molecule has 3 aromatic rings. The third kappa shape index (κ3) is 7.06. The number of methoxy groups -OCH3 is 2. The molecule has 0 fully saturated rings. The molecule has 0 unspecified atom stereocenters. The van der Waals surface area contributed by atoms with E-state index in [1.54, 1.807) is 32.4 Å². The normalized spacial score (nSPS) is 11.1. The van der Waals surface area contributed by atoms with Crippen LogP contribution >= 0.6 is 12.2 Å². The molecule has 3 rings (SSSR count). The largest absolute Gasteiger partial charge is 0.460 e. The van der Waals surface area contributed by atoms with Crippen LogP contribution in [-0.2, 0) is 28.4 Å². The van der Waals surface area contributed by atoms with Gasteiger partial charge in [0, 0.05) is 25.0 Å². The Morgan fingerprint density at radius 1 is 0.743 bits per heavy atom. The van der Waals surface area contributed by atoms with Crippen LogP contribution < -0.4 is 0 Å². The first-order chi connectivity index (χ1) is 17.1. The molecule has 0 aliphatic carbocycles. The van der Waals surface area contributed by atoms with E-state index in [-0.39, 0.29) is 43.1 Å². The SMILES string of the molecule is COCCOCCOC(=O)c1ccc2c(=S)c3ccccc3oc2c1C(=O)OCCOCCOC. The number of hydrogen-bond acceptors (Lipinski definition) is 10. The third-order valence-corrected chi connectivity index (χ3v) is 5.40. The van der Waals surface area contributed by atoms with E-state index in [1.807, 2.05) is 12.1 Å². The molecular weight excluding hydrogens is 476 g/mol. The molecule has 35 heavy (non-hydrogen) atoms. The van der Waals surface area contributed by atoms with Crippen molar-refractivity contribution in [3.63, 3.8) is 0 Å². The monoisotopic (exact) mass is 504 g/mol. The maximum atomic E-state index is 13.1. The van der Waals surface area contributed by atoms with Crippen LogP contribution in [0.1, 0.15) is 20.7 Å². The fourth-order valence-electron chi connectivity index (χ4n) is 3.26. The second kappa shape index (κ2) is 13.9. The molecule has 1 heterocycles. The molecule has 188 valence electrons. The highest BCUT2D eigenvalue weighted by molar-refractivity contribution is 7.72. The minimum atomic E-state index is -0.748. The molecule has 0 saturated heterocycles. The minimum Gasteiger partial charge on any atom is -0.460 e. The zero-order valence-corrected chi connectivity index (χ0v) is 20.5. The number of carbonyl (C=O) groups excluding carboxylic acids is 2. The van der Waals surface area contributed by atoms with Gasteiger partial charge in [0.05, 0.1) is 49.7 Å². The summed E-state index contributed by atoms with van der Waals surface area (Å²) < 4.78 is 37.7. The van der Waals surface area contributed by atoms with Gasteiger partial charge in [0.15, 0.2) is 5.58 Å². The van der Waals surface area contributed by atoms with Crippen LogP contribution in [0.5, 0.6) is 0 Å². The van der Waals surface area contributed by atoms with E-state index in [4.69, 9.17) is 45.1 Å². The van der Waals surface area contributed by atoms with Crippen LogP contribution in [0.25, 0.3) is 21.9 Å². The van der Waals surface area contributed by atoms with Gasteiger partial charge < -0.3 is 32.8 Å². The van der Waals surface area contributed by atoms with Crippen LogP contribution in [0.3, 0.4) is 0 Å². The lowest BCUT2D eigenvalue weighted by Gasteiger charge is -2.13. The van der Waals surface area contributed by atoms with Gasteiger partial charge in [-0.3, -0.25) is 0 Å². The van der Waals surface area contributed by atoms with E-state index in [0.29, 0.717) is 41.9 Å². The van der Waals surface area contributed by atoms with Crippen LogP contribution in [0.4, 0.5) is 0 Å². The zero-order chi connectivity index (χ0) is 25.0. The van der Waals surface area contributed by atoms with Crippen molar-refractivity contribution in [2.24, 2.45) is 0 Å². The van der Waals surface area contributed by atoms with Crippen molar-refractivity contribution in [3.8, 4) is 0 Å². The second-order valence-corrected chi connectivity index (χ2v) is 7.68. The highest BCUT2D eigenvalue weighted by atomic mass is 32.1. The van der Waals surface area contributed by atoms with Crippen molar-refractivity contribution in [3.05, 3.63) is 52.0 Å². The molecule has 10 heteroatoms. The summed E-state index contributed by atoms with van der Waals surface area (Å²) in [5.74, 6) is -1.46. The number of ether oxygens (including phenoxy) is 6. The van der Waals surface area contributed by atoms with E-state index in [9.17, 15) is 9.59 Å². The van der Waals surface area contributed by atoms with Crippen molar-refractivity contribution in [2.45, 2.75) is 0 Å². The summed E-state index contributed by atoms with van der Waals surface area (Å²) in [4.78, 5) is 26.0. The van der Waals surface area contributed by atoms with Crippen LogP contribution in [0, 0.1) is 4.51 Å². The first-order valence-electron chi connectivity index (χ1n) is 11.0. The van der Waals surface area contributed by atoms with Crippen molar-refractivity contribution >= 4 is 46.1 Å². The molecule has 0 aliphatic heterocycles. The summed E-state index contributed by atoms with van der Waals surface area (Å²) in [5, 5.41) is 1.24. The van der Waals surface area contributed by atoms with Crippen molar-refractivity contribution in [1.82, 2.24) is 0 Å². The van der Waals surface area contributed by atoms with E-state index >= 15 is 0 Å². The summed E-state index contributed by atoms with van der Waals surface area (Å²) >= 11 is 5.63. The van der Waals surface area contributed by atoms with Gasteiger partial charge in [-0.05, 0) is 24.3 Å². The summed E-state index contributed by atoms with van der Waals surface area (Å²) in [7, 11) is 3.13. The molecule has 0 amide bonds. The van der Waals surface area contributed by atoms with Gasteiger partial charge in [-0.1, -0.05) is 24.4 Å². The first kappa shape index (κ1) is 26.7. The van der Waals surface area contributed by atoms with Gasteiger partial charge in [-0.25, -0.2) is 9.59 Å². The number of fused-ring (bicyclic) bond motifs is 2. The van der Waals surface area contributed by atoms with Crippen LogP contribution in [0.15, 0.2) is 40.8 Å². The Bertz CT molecular complexity index is 1200. The fourth-order valence-corrected chi connectivity index (χ4v) is 3.59. The molecule has 0 atom stereocenters. The molecule has 2 aromatic carbocycles. The maximum Gasteiger partial charge on any atom is 0.342 e. The van der Waals surface area contributed by atoms with E-state index in [0.717, 1.165) is 5.39 Å². The Balaban J connectivity index is 1.88. The highest BCUT2D eigenvalue weighted by Crippen LogP contribution is 2.30. The quantitative estimate of drug-likeness (QED) is 0.139. The number of para-hydroxylation sites is 1. The van der Waals surface area contributed by atoms with Crippen LogP contribution in [0.2, 0.25) is 0 Å². The average Bonchev–Trinajstić information content (AvgIpc) is 2.87. The lowest BCUT2D eigenvalue weighted by Crippen LogP contribution is -2.18. The van der Waals surface area contributed by atoms with Gasteiger partial charge in [-0.15, -0.1) is 0 Å². The molecule has 0 spiro atoms. The lowest BCUT2D eigenvalue weighted by molar-refractivity contribution is 0.0185. The number of rotatable bonds is 14. The Hall–Kier alpha value is -2.89. The average molecular weight is 505 g/mol. The zero-order valence-electron chi connectivity index (χ0n) is 19.7. The third-order valence-electron chi connectivity index (χ3n) is 4.96. The van der Waals surface area contributed by atoms with Gasteiger partial charge >= 0.3 is 11.9 Å². The molecular formula is C25H28O9S. The summed E-state index contributed by atoms with van der Waals surface area (Å²) in [6.45, 7) is 1.95. The Morgan fingerprint density at radius 3 is 2.00 bits per heavy atom. The molecule has 0 N–H and O–H groups in total. The predicted molar refractivity (Wildman–Crippen MR) is 131 cm³/mol. The summed E-state index contributed by atoms with van der Waals surface area (Å²) in [6.07, 6.45) is 0. The van der Waals surface area contributed by atoms with Gasteiger partial charge in [0.1, 0.15) is 24.4 Å². The predicted octanol–water partition coefficient (Wildman–Crippen LogP) is 3.96. The Labute approximate surface area is 207 Å². The summed E-state index contributed by atoms with van der Waals surface area (Å²) in [5.41, 5.74) is 0.596. The maximum absolute atomic E-state index is 13.1. The minimum absolute atomic E-state index is 0.00353. The second-order valence-electron chi connectivity index (χ2n) is 7.27. The van der Waals surface area contributed by atoms with Gasteiger partial charge in [-0.2, -0.15) is 0 Å². The molecule has 9 nitrogen and oxygen atoms in total. The molecule has 0 saturated carbocycles. The molecule has 0 radical (unpaired) electrons. The molecule has 0 aliphatic rings. The van der Waals surface area contributed by atoms with Crippen molar-refractivity contribution in [1.29, 1.82) is 0 Å². The van der Waals surface area contributed by atoms with Gasteiger partial charge in [0.2, 0.25) is 0 Å². The van der Waals surface area contributed by atoms with E-state index in [2.05, 4.69) is 0 Å². The van der Waals surface area contributed by atoms with Crippen molar-refractivity contribution in [2.75, 3.05) is 67.1 Å². The fraction of sp³-hybridized carbons (Fsp3) is 0.400. The molecule has 0 bridgehead atoms. The first-order valence-corrected chi connectivity index (χ1v) is 11.5. The molecule has 1 aromatic heterocycles. The topological polar surface area (TPSA) is 103 Å². The highest BCUT2D eigenvalue weighted by Gasteiger charge is 2.25. The van der Waals surface area contributed by atoms with Crippen LogP contribution in [-0.4, -0.2) is 79.0 Å². The number of esters is 2. The number of benzene rings is 2. The summed E-state index contributed by atoms with van der Waals surface area (Å²) in [6, 6.07) is 10.3. The standard InChI is InChI=1S/C25H28O9S/c1-28-9-11-30-13-15-32-24(26)18-7-8-19-22(34-20-6-4-3-5-17(20)23(19)35)21(18)25(27)33-16-14-31-12-10-29-2/h3-8H,9-16H2,1-2H3. The van der Waals surface area contributed by atoms with Gasteiger partial charge in [0.25, 0.3) is 0 Å². The van der Waals surface area contributed by atoms with E-state index in [1.165, 1.54) is 6.07 Å². The Kier molecular flexibility index (Phi) is 10.6.